The third-order valence-electron chi connectivity index (χ3n) is 4.11. The second-order valence-electron chi connectivity index (χ2n) is 6.65. The number of thiazole rings is 1. The van der Waals surface area contributed by atoms with Crippen molar-refractivity contribution in [3.63, 3.8) is 0 Å². The van der Waals surface area contributed by atoms with Crippen LogP contribution in [0.1, 0.15) is 61.2 Å². The van der Waals surface area contributed by atoms with Crippen LogP contribution in [0.4, 0.5) is 5.13 Å². The van der Waals surface area contributed by atoms with Gasteiger partial charge in [0.25, 0.3) is 0 Å². The van der Waals surface area contributed by atoms with E-state index >= 15 is 0 Å². The summed E-state index contributed by atoms with van der Waals surface area (Å²) in [7, 11) is 0. The van der Waals surface area contributed by atoms with E-state index in [2.05, 4.69) is 50.0 Å². The van der Waals surface area contributed by atoms with Gasteiger partial charge in [0.15, 0.2) is 5.13 Å². The van der Waals surface area contributed by atoms with E-state index in [4.69, 9.17) is 5.73 Å². The normalized spacial score (nSPS) is 18.9. The second kappa shape index (κ2) is 4.88. The fourth-order valence-corrected chi connectivity index (χ4v) is 4.25. The highest BCUT2D eigenvalue weighted by Crippen LogP contribution is 2.43. The molecule has 2 aromatic rings. The number of aromatic nitrogens is 1. The molecule has 1 aromatic carbocycles. The Balaban J connectivity index is 2.11. The molecule has 1 atom stereocenters. The van der Waals surface area contributed by atoms with Crippen LogP contribution in [0, 0.1) is 0 Å². The van der Waals surface area contributed by atoms with Crippen LogP contribution in [-0.2, 0) is 11.8 Å². The van der Waals surface area contributed by atoms with Crippen LogP contribution in [0.5, 0.6) is 0 Å². The first-order valence-electron chi connectivity index (χ1n) is 7.31. The van der Waals surface area contributed by atoms with Crippen molar-refractivity contribution in [2.75, 3.05) is 5.73 Å². The standard InChI is InChI=1S/C17H22N2S/c1-17(2,3)13-9-5-4-7-11(13)12-8-6-10-14-15(12)20-16(18)19-14/h4-5,7,9,12H,6,8,10H2,1-3H3,(H2,18,19). The van der Waals surface area contributed by atoms with Crippen molar-refractivity contribution in [3.05, 3.63) is 46.0 Å². The monoisotopic (exact) mass is 286 g/mol. The molecular formula is C17H22N2S. The highest BCUT2D eigenvalue weighted by atomic mass is 32.1. The molecule has 0 amide bonds. The predicted octanol–water partition coefficient (Wildman–Crippen LogP) is 4.49. The fourth-order valence-electron chi connectivity index (χ4n) is 3.22. The summed E-state index contributed by atoms with van der Waals surface area (Å²) in [6.07, 6.45) is 3.50. The number of nitrogen functional groups attached to an aromatic ring is 1. The lowest BCUT2D eigenvalue weighted by molar-refractivity contribution is 0.558. The van der Waals surface area contributed by atoms with Gasteiger partial charge in [0.05, 0.1) is 5.69 Å². The Morgan fingerprint density at radius 2 is 2.00 bits per heavy atom. The molecule has 0 bridgehead atoms. The van der Waals surface area contributed by atoms with E-state index in [0.29, 0.717) is 5.92 Å². The molecule has 0 spiro atoms. The third-order valence-corrected chi connectivity index (χ3v) is 5.15. The quantitative estimate of drug-likeness (QED) is 0.838. The summed E-state index contributed by atoms with van der Waals surface area (Å²) in [6, 6.07) is 8.86. The lowest BCUT2D eigenvalue weighted by Crippen LogP contribution is -2.18. The Kier molecular flexibility index (Phi) is 3.33. The lowest BCUT2D eigenvalue weighted by Gasteiger charge is -2.29. The van der Waals surface area contributed by atoms with Gasteiger partial charge in [0.2, 0.25) is 0 Å². The largest absolute Gasteiger partial charge is 0.375 e. The molecule has 2 N–H and O–H groups in total. The zero-order valence-electron chi connectivity index (χ0n) is 12.4. The minimum Gasteiger partial charge on any atom is -0.375 e. The Labute approximate surface area is 125 Å². The van der Waals surface area contributed by atoms with Crippen LogP contribution in [0.25, 0.3) is 0 Å². The van der Waals surface area contributed by atoms with Crippen molar-refractivity contribution in [2.24, 2.45) is 0 Å². The van der Waals surface area contributed by atoms with E-state index in [1.54, 1.807) is 11.3 Å². The number of hydrogen-bond acceptors (Lipinski definition) is 3. The van der Waals surface area contributed by atoms with Gasteiger partial charge >= 0.3 is 0 Å². The molecule has 0 aliphatic heterocycles. The molecule has 0 saturated heterocycles. The summed E-state index contributed by atoms with van der Waals surface area (Å²) in [4.78, 5) is 5.91. The summed E-state index contributed by atoms with van der Waals surface area (Å²) < 4.78 is 0. The molecule has 0 radical (unpaired) electrons. The van der Waals surface area contributed by atoms with Gasteiger partial charge in [0, 0.05) is 10.8 Å². The van der Waals surface area contributed by atoms with Crippen molar-refractivity contribution in [1.82, 2.24) is 4.98 Å². The number of anilines is 1. The molecule has 1 heterocycles. The molecule has 1 unspecified atom stereocenters. The zero-order chi connectivity index (χ0) is 14.3. The van der Waals surface area contributed by atoms with Crippen molar-refractivity contribution in [1.29, 1.82) is 0 Å². The second-order valence-corrected chi connectivity index (χ2v) is 7.71. The zero-order valence-corrected chi connectivity index (χ0v) is 13.3. The molecule has 1 aliphatic carbocycles. The Hall–Kier alpha value is -1.35. The highest BCUT2D eigenvalue weighted by molar-refractivity contribution is 7.15. The molecule has 106 valence electrons. The van der Waals surface area contributed by atoms with E-state index in [-0.39, 0.29) is 5.41 Å². The lowest BCUT2D eigenvalue weighted by atomic mass is 9.76. The van der Waals surface area contributed by atoms with Gasteiger partial charge < -0.3 is 5.73 Å². The van der Waals surface area contributed by atoms with E-state index in [9.17, 15) is 0 Å². The van der Waals surface area contributed by atoms with Gasteiger partial charge in [-0.05, 0) is 35.8 Å². The smallest absolute Gasteiger partial charge is 0.180 e. The van der Waals surface area contributed by atoms with Gasteiger partial charge in [-0.1, -0.05) is 45.0 Å². The molecular weight excluding hydrogens is 264 g/mol. The van der Waals surface area contributed by atoms with Gasteiger partial charge in [0.1, 0.15) is 0 Å². The maximum Gasteiger partial charge on any atom is 0.180 e. The van der Waals surface area contributed by atoms with Crippen LogP contribution in [0.2, 0.25) is 0 Å². The average Bonchev–Trinajstić information content (AvgIpc) is 2.77. The molecule has 1 aliphatic rings. The van der Waals surface area contributed by atoms with E-state index in [1.165, 1.54) is 34.5 Å². The van der Waals surface area contributed by atoms with Crippen LogP contribution < -0.4 is 5.73 Å². The summed E-state index contributed by atoms with van der Waals surface area (Å²) >= 11 is 1.68. The molecule has 0 fully saturated rings. The van der Waals surface area contributed by atoms with Crippen LogP contribution in [0.3, 0.4) is 0 Å². The first-order valence-corrected chi connectivity index (χ1v) is 8.13. The Bertz CT molecular complexity index is 622. The predicted molar refractivity (Wildman–Crippen MR) is 86.4 cm³/mol. The molecule has 0 saturated carbocycles. The maximum atomic E-state index is 5.93. The SMILES string of the molecule is CC(C)(C)c1ccccc1C1CCCc2nc(N)sc21. The third kappa shape index (κ3) is 2.35. The number of benzene rings is 1. The average molecular weight is 286 g/mol. The van der Waals surface area contributed by atoms with E-state index in [1.807, 2.05) is 0 Å². The van der Waals surface area contributed by atoms with E-state index < -0.39 is 0 Å². The minimum atomic E-state index is 0.171. The van der Waals surface area contributed by atoms with Crippen LogP contribution >= 0.6 is 11.3 Å². The first-order chi connectivity index (χ1) is 9.47. The summed E-state index contributed by atoms with van der Waals surface area (Å²) in [5.74, 6) is 0.476. The van der Waals surface area contributed by atoms with Crippen LogP contribution in [-0.4, -0.2) is 4.98 Å². The van der Waals surface area contributed by atoms with Crippen molar-refractivity contribution >= 4 is 16.5 Å². The molecule has 2 nitrogen and oxygen atoms in total. The van der Waals surface area contributed by atoms with Gasteiger partial charge in [-0.2, -0.15) is 0 Å². The maximum absolute atomic E-state index is 5.93. The number of aryl methyl sites for hydroxylation is 1. The Morgan fingerprint density at radius 3 is 2.75 bits per heavy atom. The summed E-state index contributed by atoms with van der Waals surface area (Å²) in [5, 5.41) is 0.718. The molecule has 3 rings (SSSR count). The molecule has 3 heteroatoms. The highest BCUT2D eigenvalue weighted by Gasteiger charge is 2.29. The number of nitrogens with two attached hydrogens (primary N) is 1. The minimum absolute atomic E-state index is 0.171. The van der Waals surface area contributed by atoms with Crippen molar-refractivity contribution < 1.29 is 0 Å². The molecule has 20 heavy (non-hydrogen) atoms. The van der Waals surface area contributed by atoms with Crippen LogP contribution in [0.15, 0.2) is 24.3 Å². The number of hydrogen-bond donors (Lipinski definition) is 1. The van der Waals surface area contributed by atoms with Crippen molar-refractivity contribution in [2.45, 2.75) is 51.4 Å². The van der Waals surface area contributed by atoms with Gasteiger partial charge in [-0.15, -0.1) is 11.3 Å². The van der Waals surface area contributed by atoms with Gasteiger partial charge in [-0.3, -0.25) is 0 Å². The van der Waals surface area contributed by atoms with Crippen molar-refractivity contribution in [3.8, 4) is 0 Å². The topological polar surface area (TPSA) is 38.9 Å². The fraction of sp³-hybridized carbons (Fsp3) is 0.471. The number of nitrogens with zero attached hydrogens (tertiary/aromatic N) is 1. The summed E-state index contributed by atoms with van der Waals surface area (Å²) in [6.45, 7) is 6.86. The number of rotatable bonds is 1. The van der Waals surface area contributed by atoms with E-state index in [0.717, 1.165) is 11.6 Å². The van der Waals surface area contributed by atoms with Gasteiger partial charge in [-0.25, -0.2) is 4.98 Å². The first kappa shape index (κ1) is 13.6. The Morgan fingerprint density at radius 1 is 1.25 bits per heavy atom. The number of fused-ring (bicyclic) bond motifs is 1. The molecule has 1 aromatic heterocycles. The summed E-state index contributed by atoms with van der Waals surface area (Å²) in [5.41, 5.74) is 10.2.